The zero-order valence-corrected chi connectivity index (χ0v) is 10.9. The SMILES string of the molecule is CC(C)N1CCN(C2(CN)CCCC2)CC1. The van der Waals surface area contributed by atoms with Gasteiger partial charge in [0.25, 0.3) is 0 Å². The first kappa shape index (κ1) is 12.3. The summed E-state index contributed by atoms with van der Waals surface area (Å²) in [5.74, 6) is 0. The fraction of sp³-hybridized carbons (Fsp3) is 1.00. The van der Waals surface area contributed by atoms with E-state index in [2.05, 4.69) is 23.6 Å². The van der Waals surface area contributed by atoms with Gasteiger partial charge in [-0.3, -0.25) is 9.80 Å². The Morgan fingerprint density at radius 3 is 2.06 bits per heavy atom. The zero-order chi connectivity index (χ0) is 11.6. The lowest BCUT2D eigenvalue weighted by Crippen LogP contribution is -2.59. The van der Waals surface area contributed by atoms with Crippen LogP contribution in [0.25, 0.3) is 0 Å². The predicted octanol–water partition coefficient (Wildman–Crippen LogP) is 1.28. The summed E-state index contributed by atoms with van der Waals surface area (Å²) >= 11 is 0. The molecular formula is C13H27N3. The highest BCUT2D eigenvalue weighted by molar-refractivity contribution is 4.97. The topological polar surface area (TPSA) is 32.5 Å². The summed E-state index contributed by atoms with van der Waals surface area (Å²) in [6.45, 7) is 10.3. The van der Waals surface area contributed by atoms with Crippen molar-refractivity contribution in [2.45, 2.75) is 51.1 Å². The van der Waals surface area contributed by atoms with Gasteiger partial charge in [0.2, 0.25) is 0 Å². The first-order valence-corrected chi connectivity index (χ1v) is 6.87. The molecule has 0 aromatic heterocycles. The molecule has 0 bridgehead atoms. The smallest absolute Gasteiger partial charge is 0.0332 e. The third-order valence-electron chi connectivity index (χ3n) is 4.63. The van der Waals surface area contributed by atoms with Crippen LogP contribution >= 0.6 is 0 Å². The van der Waals surface area contributed by atoms with Crippen LogP contribution in [-0.2, 0) is 0 Å². The molecular weight excluding hydrogens is 198 g/mol. The lowest BCUT2D eigenvalue weighted by molar-refractivity contribution is 0.0291. The molecule has 16 heavy (non-hydrogen) atoms. The van der Waals surface area contributed by atoms with Crippen molar-refractivity contribution in [3.63, 3.8) is 0 Å². The number of nitrogens with two attached hydrogens (primary N) is 1. The fourth-order valence-electron chi connectivity index (χ4n) is 3.40. The molecule has 1 aliphatic carbocycles. The van der Waals surface area contributed by atoms with Crippen LogP contribution < -0.4 is 5.73 Å². The van der Waals surface area contributed by atoms with Gasteiger partial charge in [0.05, 0.1) is 0 Å². The Balaban J connectivity index is 1.92. The first-order valence-electron chi connectivity index (χ1n) is 6.87. The molecule has 0 aromatic carbocycles. The Bertz CT molecular complexity index is 213. The van der Waals surface area contributed by atoms with Gasteiger partial charge in [-0.2, -0.15) is 0 Å². The molecule has 0 aromatic rings. The number of rotatable bonds is 3. The molecule has 1 saturated carbocycles. The summed E-state index contributed by atoms with van der Waals surface area (Å²) in [4.78, 5) is 5.26. The number of nitrogens with zero attached hydrogens (tertiary/aromatic N) is 2. The van der Waals surface area contributed by atoms with Crippen molar-refractivity contribution in [1.29, 1.82) is 0 Å². The van der Waals surface area contributed by atoms with E-state index < -0.39 is 0 Å². The van der Waals surface area contributed by atoms with Crippen molar-refractivity contribution in [1.82, 2.24) is 9.80 Å². The molecule has 1 aliphatic heterocycles. The average Bonchev–Trinajstić information content (AvgIpc) is 2.79. The van der Waals surface area contributed by atoms with Crippen LogP contribution in [0.2, 0.25) is 0 Å². The van der Waals surface area contributed by atoms with Crippen LogP contribution in [0.15, 0.2) is 0 Å². The molecule has 2 rings (SSSR count). The van der Waals surface area contributed by atoms with Crippen LogP contribution in [0, 0.1) is 0 Å². The lowest BCUT2D eigenvalue weighted by Gasteiger charge is -2.46. The van der Waals surface area contributed by atoms with Gasteiger partial charge < -0.3 is 5.73 Å². The van der Waals surface area contributed by atoms with Crippen LogP contribution in [0.1, 0.15) is 39.5 Å². The van der Waals surface area contributed by atoms with Gasteiger partial charge in [-0.1, -0.05) is 12.8 Å². The monoisotopic (exact) mass is 225 g/mol. The van der Waals surface area contributed by atoms with E-state index in [0.717, 1.165) is 6.54 Å². The van der Waals surface area contributed by atoms with Gasteiger partial charge in [0, 0.05) is 44.3 Å². The zero-order valence-electron chi connectivity index (χ0n) is 10.9. The maximum Gasteiger partial charge on any atom is 0.0332 e. The predicted molar refractivity (Wildman–Crippen MR) is 68.5 cm³/mol. The second kappa shape index (κ2) is 5.03. The minimum atomic E-state index is 0.364. The van der Waals surface area contributed by atoms with E-state index in [0.29, 0.717) is 11.6 Å². The maximum atomic E-state index is 6.04. The molecule has 0 amide bonds. The summed E-state index contributed by atoms with van der Waals surface area (Å²) in [6, 6.07) is 0.694. The van der Waals surface area contributed by atoms with Crippen molar-refractivity contribution >= 4 is 0 Å². The average molecular weight is 225 g/mol. The standard InChI is InChI=1S/C13H27N3/c1-12(2)15-7-9-16(10-8-15)13(11-14)5-3-4-6-13/h12H,3-11,14H2,1-2H3. The van der Waals surface area contributed by atoms with Crippen LogP contribution in [0.5, 0.6) is 0 Å². The van der Waals surface area contributed by atoms with Gasteiger partial charge in [0.15, 0.2) is 0 Å². The molecule has 2 fully saturated rings. The van der Waals surface area contributed by atoms with E-state index in [9.17, 15) is 0 Å². The molecule has 0 radical (unpaired) electrons. The van der Waals surface area contributed by atoms with Gasteiger partial charge >= 0.3 is 0 Å². The molecule has 2 N–H and O–H groups in total. The third kappa shape index (κ3) is 2.27. The van der Waals surface area contributed by atoms with Crippen molar-refractivity contribution in [3.8, 4) is 0 Å². The fourth-order valence-corrected chi connectivity index (χ4v) is 3.40. The Morgan fingerprint density at radius 2 is 1.62 bits per heavy atom. The van der Waals surface area contributed by atoms with E-state index >= 15 is 0 Å². The lowest BCUT2D eigenvalue weighted by atomic mass is 9.94. The normalized spacial score (nSPS) is 27.8. The second-order valence-electron chi connectivity index (χ2n) is 5.75. The summed E-state index contributed by atoms with van der Waals surface area (Å²) in [5.41, 5.74) is 6.40. The van der Waals surface area contributed by atoms with E-state index in [1.165, 1.54) is 51.9 Å². The van der Waals surface area contributed by atoms with Crippen LogP contribution in [0.4, 0.5) is 0 Å². The Morgan fingerprint density at radius 1 is 1.06 bits per heavy atom. The number of hydrogen-bond donors (Lipinski definition) is 1. The third-order valence-corrected chi connectivity index (χ3v) is 4.63. The number of hydrogen-bond acceptors (Lipinski definition) is 3. The molecule has 3 heteroatoms. The van der Waals surface area contributed by atoms with E-state index in [1.807, 2.05) is 0 Å². The largest absolute Gasteiger partial charge is 0.329 e. The molecule has 1 heterocycles. The Labute approximate surface area is 100.0 Å². The highest BCUT2D eigenvalue weighted by atomic mass is 15.3. The summed E-state index contributed by atoms with van der Waals surface area (Å²) in [6.07, 6.45) is 5.40. The highest BCUT2D eigenvalue weighted by Crippen LogP contribution is 2.35. The van der Waals surface area contributed by atoms with Gasteiger partial charge in [0.1, 0.15) is 0 Å². The summed E-state index contributed by atoms with van der Waals surface area (Å²) in [5, 5.41) is 0. The van der Waals surface area contributed by atoms with Crippen molar-refractivity contribution in [2.75, 3.05) is 32.7 Å². The van der Waals surface area contributed by atoms with Gasteiger partial charge in [-0.05, 0) is 26.7 Å². The quantitative estimate of drug-likeness (QED) is 0.785. The highest BCUT2D eigenvalue weighted by Gasteiger charge is 2.39. The molecule has 0 spiro atoms. The summed E-state index contributed by atoms with van der Waals surface area (Å²) in [7, 11) is 0. The number of piperazine rings is 1. The first-order chi connectivity index (χ1) is 7.68. The van der Waals surface area contributed by atoms with E-state index in [4.69, 9.17) is 5.73 Å². The van der Waals surface area contributed by atoms with E-state index in [-0.39, 0.29) is 0 Å². The minimum absolute atomic E-state index is 0.364. The summed E-state index contributed by atoms with van der Waals surface area (Å²) < 4.78 is 0. The van der Waals surface area contributed by atoms with Crippen molar-refractivity contribution in [2.24, 2.45) is 5.73 Å². The Hall–Kier alpha value is -0.120. The molecule has 2 aliphatic rings. The van der Waals surface area contributed by atoms with E-state index in [1.54, 1.807) is 0 Å². The molecule has 94 valence electrons. The Kier molecular flexibility index (Phi) is 3.88. The molecule has 0 unspecified atom stereocenters. The van der Waals surface area contributed by atoms with Crippen molar-refractivity contribution < 1.29 is 0 Å². The van der Waals surface area contributed by atoms with Gasteiger partial charge in [-0.15, -0.1) is 0 Å². The van der Waals surface area contributed by atoms with Crippen molar-refractivity contribution in [3.05, 3.63) is 0 Å². The van der Waals surface area contributed by atoms with Crippen LogP contribution in [-0.4, -0.2) is 54.1 Å². The second-order valence-corrected chi connectivity index (χ2v) is 5.75. The van der Waals surface area contributed by atoms with Gasteiger partial charge in [-0.25, -0.2) is 0 Å². The molecule has 3 nitrogen and oxygen atoms in total. The molecule has 1 saturated heterocycles. The molecule has 0 atom stereocenters. The van der Waals surface area contributed by atoms with Crippen LogP contribution in [0.3, 0.4) is 0 Å². The maximum absolute atomic E-state index is 6.04. The minimum Gasteiger partial charge on any atom is -0.329 e.